The molecule has 34 heavy (non-hydrogen) atoms. The lowest BCUT2D eigenvalue weighted by Crippen LogP contribution is -2.49. The standard InChI is InChI=1S/C27H38N4O3/c1-22-7-8-26(18-29-22)34-21-24-17-25(27(32)28-10-12-30-13-15-33-16-14-30)20-31(19-24)11-9-23-5-3-2-4-6-23/h2-8,18,24-25H,9-17,19-21H2,1H3,(H,28,32)/t24-,25+/m0/s1. The van der Waals surface area contributed by atoms with Gasteiger partial charge in [0.15, 0.2) is 0 Å². The van der Waals surface area contributed by atoms with Crippen LogP contribution in [0.4, 0.5) is 0 Å². The van der Waals surface area contributed by atoms with E-state index in [0.29, 0.717) is 19.1 Å². The minimum atomic E-state index is -0.0149. The maximum Gasteiger partial charge on any atom is 0.224 e. The Balaban J connectivity index is 1.31. The van der Waals surface area contributed by atoms with Crippen LogP contribution < -0.4 is 10.1 Å². The molecule has 1 aromatic carbocycles. The fourth-order valence-electron chi connectivity index (χ4n) is 4.79. The summed E-state index contributed by atoms with van der Waals surface area (Å²) in [4.78, 5) is 22.2. The molecule has 0 saturated carbocycles. The number of benzene rings is 1. The Morgan fingerprint density at radius 1 is 1.09 bits per heavy atom. The normalized spacial score (nSPS) is 21.8. The molecule has 0 unspecified atom stereocenters. The third-order valence-corrected chi connectivity index (χ3v) is 6.74. The zero-order valence-corrected chi connectivity index (χ0v) is 20.3. The highest BCUT2D eigenvalue weighted by atomic mass is 16.5. The predicted molar refractivity (Wildman–Crippen MR) is 133 cm³/mol. The Bertz CT molecular complexity index is 871. The Morgan fingerprint density at radius 2 is 1.91 bits per heavy atom. The van der Waals surface area contributed by atoms with Crippen molar-refractivity contribution in [1.82, 2.24) is 20.1 Å². The number of nitrogens with one attached hydrogen (secondary N) is 1. The second-order valence-corrected chi connectivity index (χ2v) is 9.49. The average Bonchev–Trinajstić information content (AvgIpc) is 2.88. The number of aromatic nitrogens is 1. The molecule has 7 heteroatoms. The van der Waals surface area contributed by atoms with Gasteiger partial charge in [-0.2, -0.15) is 0 Å². The van der Waals surface area contributed by atoms with E-state index >= 15 is 0 Å². The Hall–Kier alpha value is -2.48. The molecule has 2 atom stereocenters. The molecular weight excluding hydrogens is 428 g/mol. The van der Waals surface area contributed by atoms with Crippen LogP contribution in [0, 0.1) is 18.8 Å². The van der Waals surface area contributed by atoms with Crippen molar-refractivity contribution in [2.45, 2.75) is 19.8 Å². The molecule has 1 aromatic heterocycles. The van der Waals surface area contributed by atoms with Crippen LogP contribution in [0.15, 0.2) is 48.7 Å². The van der Waals surface area contributed by atoms with Gasteiger partial charge in [0.05, 0.1) is 31.9 Å². The first-order chi connectivity index (χ1) is 16.7. The summed E-state index contributed by atoms with van der Waals surface area (Å²) >= 11 is 0. The fraction of sp³-hybridized carbons (Fsp3) is 0.556. The van der Waals surface area contributed by atoms with Crippen LogP contribution in [-0.2, 0) is 16.0 Å². The Morgan fingerprint density at radius 3 is 2.68 bits per heavy atom. The topological polar surface area (TPSA) is 66.9 Å². The summed E-state index contributed by atoms with van der Waals surface area (Å²) in [6, 6.07) is 14.5. The summed E-state index contributed by atoms with van der Waals surface area (Å²) in [5.74, 6) is 1.25. The number of pyridine rings is 1. The van der Waals surface area contributed by atoms with Gasteiger partial charge < -0.3 is 19.7 Å². The lowest BCUT2D eigenvalue weighted by molar-refractivity contribution is -0.127. The first-order valence-electron chi connectivity index (χ1n) is 12.6. The molecule has 0 aliphatic carbocycles. The van der Waals surface area contributed by atoms with Crippen LogP contribution in [-0.4, -0.2) is 86.3 Å². The number of rotatable bonds is 10. The van der Waals surface area contributed by atoms with E-state index in [2.05, 4.69) is 50.4 Å². The van der Waals surface area contributed by atoms with Crippen LogP contribution in [0.2, 0.25) is 0 Å². The van der Waals surface area contributed by atoms with Gasteiger partial charge in [-0.3, -0.25) is 14.7 Å². The first-order valence-corrected chi connectivity index (χ1v) is 12.6. The lowest BCUT2D eigenvalue weighted by atomic mass is 9.88. The molecule has 184 valence electrons. The summed E-state index contributed by atoms with van der Waals surface area (Å²) in [5.41, 5.74) is 2.31. The van der Waals surface area contributed by atoms with Crippen LogP contribution in [0.5, 0.6) is 5.75 Å². The van der Waals surface area contributed by atoms with E-state index in [1.54, 1.807) is 6.20 Å². The highest BCUT2D eigenvalue weighted by Gasteiger charge is 2.32. The number of morpholine rings is 1. The number of piperidine rings is 1. The first kappa shape index (κ1) is 24.6. The lowest BCUT2D eigenvalue weighted by Gasteiger charge is -2.37. The second-order valence-electron chi connectivity index (χ2n) is 9.49. The quantitative estimate of drug-likeness (QED) is 0.580. The molecule has 2 aliphatic rings. The van der Waals surface area contributed by atoms with Crippen molar-refractivity contribution >= 4 is 5.91 Å². The van der Waals surface area contributed by atoms with Crippen molar-refractivity contribution in [2.24, 2.45) is 11.8 Å². The second kappa shape index (κ2) is 12.8. The summed E-state index contributed by atoms with van der Waals surface area (Å²) in [5, 5.41) is 3.20. The molecule has 7 nitrogen and oxygen atoms in total. The monoisotopic (exact) mass is 466 g/mol. The van der Waals surface area contributed by atoms with Crippen molar-refractivity contribution in [3.63, 3.8) is 0 Å². The van der Waals surface area contributed by atoms with Gasteiger partial charge in [0.25, 0.3) is 0 Å². The molecule has 0 radical (unpaired) electrons. The molecule has 0 bridgehead atoms. The minimum absolute atomic E-state index is 0.0149. The SMILES string of the molecule is Cc1ccc(OC[C@H]2C[C@@H](C(=O)NCCN3CCOCC3)CN(CCc3ccccc3)C2)cn1. The van der Waals surface area contributed by atoms with Crippen LogP contribution >= 0.6 is 0 Å². The van der Waals surface area contributed by atoms with Crippen molar-refractivity contribution in [1.29, 1.82) is 0 Å². The largest absolute Gasteiger partial charge is 0.492 e. The highest BCUT2D eigenvalue weighted by molar-refractivity contribution is 5.79. The number of amides is 1. The van der Waals surface area contributed by atoms with Crippen molar-refractivity contribution in [2.75, 3.05) is 65.6 Å². The van der Waals surface area contributed by atoms with Gasteiger partial charge in [0.2, 0.25) is 5.91 Å². The summed E-state index contributed by atoms with van der Waals surface area (Å²) in [6.45, 7) is 10.3. The molecule has 0 spiro atoms. The Kier molecular flexibility index (Phi) is 9.30. The van der Waals surface area contributed by atoms with E-state index in [1.807, 2.05) is 19.1 Å². The zero-order chi connectivity index (χ0) is 23.6. The molecule has 4 rings (SSSR count). The Labute approximate surface area is 203 Å². The van der Waals surface area contributed by atoms with Crippen molar-refractivity contribution < 1.29 is 14.3 Å². The third kappa shape index (κ3) is 7.79. The molecular formula is C27H38N4O3. The number of carbonyl (C=O) groups excluding carboxylic acids is 1. The van der Waals surface area contributed by atoms with Gasteiger partial charge in [0, 0.05) is 57.4 Å². The molecule has 1 amide bonds. The van der Waals surface area contributed by atoms with E-state index in [-0.39, 0.29) is 11.8 Å². The number of nitrogens with zero attached hydrogens (tertiary/aromatic N) is 3. The van der Waals surface area contributed by atoms with Gasteiger partial charge in [-0.05, 0) is 37.5 Å². The number of likely N-dealkylation sites (tertiary alicyclic amines) is 1. The molecule has 2 saturated heterocycles. The van der Waals surface area contributed by atoms with Gasteiger partial charge >= 0.3 is 0 Å². The molecule has 1 N–H and O–H groups in total. The van der Waals surface area contributed by atoms with E-state index in [4.69, 9.17) is 9.47 Å². The number of aryl methyl sites for hydroxylation is 1. The molecule has 2 aliphatic heterocycles. The number of hydrogen-bond donors (Lipinski definition) is 1. The third-order valence-electron chi connectivity index (χ3n) is 6.74. The van der Waals surface area contributed by atoms with Crippen LogP contribution in [0.1, 0.15) is 17.7 Å². The van der Waals surface area contributed by atoms with E-state index < -0.39 is 0 Å². The van der Waals surface area contributed by atoms with E-state index in [9.17, 15) is 4.79 Å². The van der Waals surface area contributed by atoms with Crippen molar-refractivity contribution in [3.05, 3.63) is 59.9 Å². The van der Waals surface area contributed by atoms with Crippen LogP contribution in [0.25, 0.3) is 0 Å². The molecule has 3 heterocycles. The maximum atomic E-state index is 13.1. The smallest absolute Gasteiger partial charge is 0.224 e. The van der Waals surface area contributed by atoms with Crippen LogP contribution in [0.3, 0.4) is 0 Å². The summed E-state index contributed by atoms with van der Waals surface area (Å²) in [6.07, 6.45) is 3.62. The highest BCUT2D eigenvalue weighted by Crippen LogP contribution is 2.24. The molecule has 2 aromatic rings. The van der Waals surface area contributed by atoms with E-state index in [0.717, 1.165) is 76.8 Å². The summed E-state index contributed by atoms with van der Waals surface area (Å²) in [7, 11) is 0. The van der Waals surface area contributed by atoms with Gasteiger partial charge in [-0.25, -0.2) is 0 Å². The molecule has 2 fully saturated rings. The number of ether oxygens (including phenoxy) is 2. The maximum absolute atomic E-state index is 13.1. The van der Waals surface area contributed by atoms with Crippen molar-refractivity contribution in [3.8, 4) is 5.75 Å². The number of hydrogen-bond acceptors (Lipinski definition) is 6. The average molecular weight is 467 g/mol. The zero-order valence-electron chi connectivity index (χ0n) is 20.3. The van der Waals surface area contributed by atoms with Gasteiger partial charge in [0.1, 0.15) is 5.75 Å². The predicted octanol–water partition coefficient (Wildman–Crippen LogP) is 2.40. The summed E-state index contributed by atoms with van der Waals surface area (Å²) < 4.78 is 11.5. The number of carbonyl (C=O) groups is 1. The minimum Gasteiger partial charge on any atom is -0.492 e. The van der Waals surface area contributed by atoms with E-state index in [1.165, 1.54) is 5.56 Å². The van der Waals surface area contributed by atoms with Gasteiger partial charge in [-0.15, -0.1) is 0 Å². The fourth-order valence-corrected chi connectivity index (χ4v) is 4.79. The van der Waals surface area contributed by atoms with Gasteiger partial charge in [-0.1, -0.05) is 30.3 Å².